The fourth-order valence-electron chi connectivity index (χ4n) is 3.71. The molecule has 0 amide bonds. The molecule has 3 aliphatic rings. The Hall–Kier alpha value is -0.560. The van der Waals surface area contributed by atoms with Gasteiger partial charge in [-0.2, -0.15) is 0 Å². The van der Waals surface area contributed by atoms with Gasteiger partial charge in [-0.3, -0.25) is 0 Å². The van der Waals surface area contributed by atoms with Crippen molar-refractivity contribution in [3.63, 3.8) is 0 Å². The maximum atomic E-state index is 10.5. The molecule has 14 atom stereocenters. The zero-order valence-corrected chi connectivity index (χ0v) is 16.6. The van der Waals surface area contributed by atoms with Crippen molar-refractivity contribution in [3.05, 3.63) is 0 Å². The minimum Gasteiger partial charge on any atom is -0.394 e. The molecule has 0 aliphatic carbocycles. The topological polar surface area (TPSA) is 228 Å². The van der Waals surface area contributed by atoms with E-state index in [1.165, 1.54) is 6.92 Å². The zero-order valence-electron chi connectivity index (χ0n) is 16.6. The highest BCUT2D eigenvalue weighted by Crippen LogP contribution is 2.30. The summed E-state index contributed by atoms with van der Waals surface area (Å²) < 4.78 is 26.5. The molecule has 0 aromatic carbocycles. The lowest BCUT2D eigenvalue weighted by atomic mass is 9.97. The Kier molecular flexibility index (Phi) is 8.21. The Morgan fingerprint density at radius 2 is 1.32 bits per heavy atom. The quantitative estimate of drug-likeness (QED) is 0.187. The van der Waals surface area contributed by atoms with Crippen LogP contribution in [0.2, 0.25) is 0 Å². The number of hydrogen-bond acceptors (Lipinski definition) is 14. The van der Waals surface area contributed by atoms with Crippen molar-refractivity contribution in [3.8, 4) is 0 Å². The highest BCUT2D eigenvalue weighted by molar-refractivity contribution is 4.94. The smallest absolute Gasteiger partial charge is 0.187 e. The van der Waals surface area contributed by atoms with Gasteiger partial charge in [0.2, 0.25) is 0 Å². The molecule has 0 radical (unpaired) electrons. The van der Waals surface area contributed by atoms with E-state index in [1.807, 2.05) is 0 Å². The average molecular weight is 458 g/mol. The van der Waals surface area contributed by atoms with E-state index in [0.717, 1.165) is 0 Å². The average Bonchev–Trinajstić information content (AvgIpc) is 2.74. The second kappa shape index (κ2) is 10.1. The molecule has 0 bridgehead atoms. The fourth-order valence-corrected chi connectivity index (χ4v) is 3.71. The summed E-state index contributed by atoms with van der Waals surface area (Å²) in [6.07, 6.45) is -20.8. The largest absolute Gasteiger partial charge is 0.394 e. The Morgan fingerprint density at radius 3 is 1.97 bits per heavy atom. The van der Waals surface area contributed by atoms with Gasteiger partial charge in [-0.25, -0.2) is 0 Å². The second-order valence-corrected chi connectivity index (χ2v) is 7.87. The Morgan fingerprint density at radius 1 is 0.710 bits per heavy atom. The summed E-state index contributed by atoms with van der Waals surface area (Å²) >= 11 is 0. The number of rotatable bonds is 5. The maximum Gasteiger partial charge on any atom is 0.187 e. The normalized spacial score (nSPS) is 54.0. The van der Waals surface area contributed by atoms with Crippen LogP contribution in [0.5, 0.6) is 0 Å². The van der Waals surface area contributed by atoms with Crippen molar-refractivity contribution in [2.24, 2.45) is 0 Å². The Bertz CT molecular complexity index is 579. The van der Waals surface area contributed by atoms with E-state index in [0.29, 0.717) is 0 Å². The summed E-state index contributed by atoms with van der Waals surface area (Å²) in [4.78, 5) is 0. The van der Waals surface area contributed by atoms with Gasteiger partial charge < -0.3 is 69.6 Å². The van der Waals surface area contributed by atoms with Crippen molar-refractivity contribution >= 4 is 0 Å². The van der Waals surface area contributed by atoms with Crippen LogP contribution in [-0.2, 0) is 23.7 Å². The lowest BCUT2D eigenvalue weighted by molar-refractivity contribution is -0.367. The van der Waals surface area contributed by atoms with Gasteiger partial charge in [0, 0.05) is 0 Å². The third-order valence-corrected chi connectivity index (χ3v) is 5.68. The lowest BCUT2D eigenvalue weighted by Crippen LogP contribution is -2.64. The first-order valence-electron chi connectivity index (χ1n) is 9.85. The third kappa shape index (κ3) is 5.02. The summed E-state index contributed by atoms with van der Waals surface area (Å²) in [6, 6.07) is 0. The van der Waals surface area contributed by atoms with Crippen molar-refractivity contribution in [1.82, 2.24) is 0 Å². The van der Waals surface area contributed by atoms with Crippen LogP contribution < -0.4 is 0 Å². The van der Waals surface area contributed by atoms with Crippen molar-refractivity contribution in [2.75, 3.05) is 13.2 Å². The van der Waals surface area contributed by atoms with Gasteiger partial charge >= 0.3 is 0 Å². The SMILES string of the molecule is C[C@@H]1O[C@@H](O[C@@H]2CO[C@@H](O)[C@H](O)[C@H]2O)[C@H](O)[C@H](O)[C@H]1O[C@@H]1O[C@H](CO)[C@@H](O)[C@H](O)[C@H]1O. The predicted molar refractivity (Wildman–Crippen MR) is 93.8 cm³/mol. The first kappa shape index (κ1) is 25.1. The van der Waals surface area contributed by atoms with Crippen LogP contribution in [-0.4, -0.2) is 145 Å². The Labute approximate surface area is 176 Å². The molecule has 9 N–H and O–H groups in total. The number of aliphatic hydroxyl groups is 9. The van der Waals surface area contributed by atoms with Crippen molar-refractivity contribution in [1.29, 1.82) is 0 Å². The minimum absolute atomic E-state index is 0.318. The van der Waals surface area contributed by atoms with Gasteiger partial charge in [0.25, 0.3) is 0 Å². The fraction of sp³-hybridized carbons (Fsp3) is 1.00. The van der Waals surface area contributed by atoms with E-state index in [9.17, 15) is 46.0 Å². The first-order valence-corrected chi connectivity index (χ1v) is 9.85. The van der Waals surface area contributed by atoms with Gasteiger partial charge in [-0.1, -0.05) is 0 Å². The van der Waals surface area contributed by atoms with Gasteiger partial charge in [-0.05, 0) is 6.92 Å². The molecule has 31 heavy (non-hydrogen) atoms. The molecule has 0 saturated carbocycles. The molecule has 0 spiro atoms. The number of aliphatic hydroxyl groups excluding tert-OH is 9. The van der Waals surface area contributed by atoms with E-state index in [-0.39, 0.29) is 6.61 Å². The molecule has 0 aromatic rings. The molecule has 0 aromatic heterocycles. The second-order valence-electron chi connectivity index (χ2n) is 7.87. The number of hydrogen-bond donors (Lipinski definition) is 9. The van der Waals surface area contributed by atoms with Crippen LogP contribution in [0.3, 0.4) is 0 Å². The molecular formula is C17H30O14. The molecule has 14 nitrogen and oxygen atoms in total. The molecule has 3 fully saturated rings. The summed E-state index contributed by atoms with van der Waals surface area (Å²) in [6.45, 7) is 0.461. The van der Waals surface area contributed by atoms with Crippen LogP contribution in [0.4, 0.5) is 0 Å². The summed E-state index contributed by atoms with van der Waals surface area (Å²) in [7, 11) is 0. The highest BCUT2D eigenvalue weighted by Gasteiger charge is 2.51. The van der Waals surface area contributed by atoms with Gasteiger partial charge in [0.05, 0.1) is 19.3 Å². The van der Waals surface area contributed by atoms with Crippen LogP contribution >= 0.6 is 0 Å². The third-order valence-electron chi connectivity index (χ3n) is 5.68. The molecule has 3 rings (SSSR count). The summed E-state index contributed by atoms with van der Waals surface area (Å²) in [5.74, 6) is 0. The molecule has 3 aliphatic heterocycles. The van der Waals surface area contributed by atoms with Crippen LogP contribution in [0.1, 0.15) is 6.92 Å². The van der Waals surface area contributed by atoms with Crippen LogP contribution in [0.25, 0.3) is 0 Å². The van der Waals surface area contributed by atoms with Gasteiger partial charge in [0.1, 0.15) is 61.0 Å². The van der Waals surface area contributed by atoms with Crippen molar-refractivity contribution in [2.45, 2.75) is 92.9 Å². The molecule has 3 heterocycles. The molecule has 182 valence electrons. The van der Waals surface area contributed by atoms with Crippen molar-refractivity contribution < 1.29 is 69.6 Å². The number of ether oxygens (including phenoxy) is 5. The lowest BCUT2D eigenvalue weighted by Gasteiger charge is -2.46. The van der Waals surface area contributed by atoms with E-state index in [2.05, 4.69) is 0 Å². The molecule has 0 unspecified atom stereocenters. The monoisotopic (exact) mass is 458 g/mol. The van der Waals surface area contributed by atoms with Crippen LogP contribution in [0.15, 0.2) is 0 Å². The standard InChI is InChI=1S/C17H30O14/c1-4-14(31-17-12(24)9(21)7(19)5(2-18)29-17)10(22)13(25)16(28-4)30-6-3-27-15(26)11(23)8(6)20/h4-26H,2-3H2,1H3/t4-,5+,6+,7+,8-,9-,10-,11+,12+,13+,14-,15+,16-,17-/m0/s1. The highest BCUT2D eigenvalue weighted by atomic mass is 16.7. The maximum absolute atomic E-state index is 10.5. The van der Waals surface area contributed by atoms with E-state index < -0.39 is 92.6 Å². The first-order chi connectivity index (χ1) is 14.6. The summed E-state index contributed by atoms with van der Waals surface area (Å²) in [5.41, 5.74) is 0. The van der Waals surface area contributed by atoms with E-state index in [1.54, 1.807) is 0 Å². The summed E-state index contributed by atoms with van der Waals surface area (Å²) in [5, 5.41) is 89.0. The predicted octanol–water partition coefficient (Wildman–Crippen LogP) is -5.91. The van der Waals surface area contributed by atoms with E-state index >= 15 is 0 Å². The Balaban J connectivity index is 1.63. The van der Waals surface area contributed by atoms with Gasteiger partial charge in [-0.15, -0.1) is 0 Å². The van der Waals surface area contributed by atoms with Gasteiger partial charge in [0.15, 0.2) is 18.9 Å². The van der Waals surface area contributed by atoms with E-state index in [4.69, 9.17) is 23.7 Å². The van der Waals surface area contributed by atoms with Crippen LogP contribution in [0, 0.1) is 0 Å². The molecule has 3 saturated heterocycles. The minimum atomic E-state index is -1.72. The zero-order chi connectivity index (χ0) is 23.0. The molecule has 14 heteroatoms. The molecular weight excluding hydrogens is 428 g/mol.